The molecule has 0 aromatic carbocycles. The van der Waals surface area contributed by atoms with Crippen LogP contribution < -0.4 is 4.57 Å². The molecule has 0 fully saturated rings. The van der Waals surface area contributed by atoms with Gasteiger partial charge >= 0.3 is 0 Å². The van der Waals surface area contributed by atoms with Gasteiger partial charge in [0.25, 0.3) is 6.73 Å². The topological polar surface area (TPSA) is 62.9 Å². The smallest absolute Gasteiger partial charge is 0.254 e. The fourth-order valence-electron chi connectivity index (χ4n) is 2.65. The molecule has 0 atom stereocenters. The summed E-state index contributed by atoms with van der Waals surface area (Å²) in [5.41, 5.74) is 1.38. The van der Waals surface area contributed by atoms with Crippen molar-refractivity contribution < 1.29 is 14.1 Å². The third-order valence-electron chi connectivity index (χ3n) is 4.07. The lowest BCUT2D eigenvalue weighted by atomic mass is 10.1. The van der Waals surface area contributed by atoms with E-state index in [2.05, 4.69) is 12.1 Å². The van der Waals surface area contributed by atoms with Crippen molar-refractivity contribution in [1.82, 2.24) is 4.90 Å². The summed E-state index contributed by atoms with van der Waals surface area (Å²) in [5.74, 6) is 0.168. The van der Waals surface area contributed by atoms with Crippen LogP contribution in [0.1, 0.15) is 49.4 Å². The number of nitroso groups, excluding NO2 is 1. The number of pyridine rings is 1. The third kappa shape index (κ3) is 6.37. The molecule has 6 heteroatoms. The minimum absolute atomic E-state index is 0.168. The van der Waals surface area contributed by atoms with Gasteiger partial charge in [0.2, 0.25) is 0 Å². The number of hydrogen-bond donors (Lipinski definition) is 0. The molecule has 0 aliphatic carbocycles. The molecule has 0 amide bonds. The van der Waals surface area contributed by atoms with Crippen LogP contribution in [0, 0.1) is 4.91 Å². The Morgan fingerprint density at radius 3 is 3.00 bits per heavy atom. The number of ketones is 1. The van der Waals surface area contributed by atoms with Gasteiger partial charge in [-0.05, 0) is 29.8 Å². The molecule has 138 valence electrons. The Balaban J connectivity index is 1.83. The van der Waals surface area contributed by atoms with Gasteiger partial charge in [-0.1, -0.05) is 32.3 Å². The van der Waals surface area contributed by atoms with Crippen LogP contribution in [0.5, 0.6) is 0 Å². The maximum absolute atomic E-state index is 12.3. The Hall–Kier alpha value is -2.60. The molecule has 0 radical (unpaired) electrons. The minimum atomic E-state index is 0.168. The second-order valence-electron chi connectivity index (χ2n) is 6.13. The summed E-state index contributed by atoms with van der Waals surface area (Å²) in [6.45, 7) is 2.75. The number of hydrogen-bond acceptors (Lipinski definition) is 5. The maximum atomic E-state index is 12.3. The molecule has 0 saturated carbocycles. The molecule has 26 heavy (non-hydrogen) atoms. The Morgan fingerprint density at radius 1 is 1.31 bits per heavy atom. The predicted molar refractivity (Wildman–Crippen MR) is 99.7 cm³/mol. The van der Waals surface area contributed by atoms with Gasteiger partial charge in [-0.3, -0.25) is 4.79 Å². The zero-order valence-electron chi connectivity index (χ0n) is 15.2. The highest BCUT2D eigenvalue weighted by Gasteiger charge is 2.12. The monoisotopic (exact) mass is 356 g/mol. The number of carbonyl (C=O) groups is 1. The molecule has 0 spiro atoms. The quantitative estimate of drug-likeness (QED) is 0.260. The average molecular weight is 356 g/mol. The van der Waals surface area contributed by atoms with E-state index < -0.39 is 0 Å². The first-order chi connectivity index (χ1) is 12.7. The van der Waals surface area contributed by atoms with Crippen molar-refractivity contribution >= 4 is 5.78 Å². The lowest BCUT2D eigenvalue weighted by Crippen LogP contribution is -2.37. The first-order valence-corrected chi connectivity index (χ1v) is 8.98. The normalized spacial score (nSPS) is 14.8. The van der Waals surface area contributed by atoms with Crippen LogP contribution in [0.4, 0.5) is 0 Å². The number of unbranched alkanes of at least 4 members (excludes halogenated alkanes) is 3. The number of aromatic nitrogens is 1. The summed E-state index contributed by atoms with van der Waals surface area (Å²) < 4.78 is 7.53. The molecule has 0 N–H and O–H groups in total. The summed E-state index contributed by atoms with van der Waals surface area (Å²) in [7, 11) is 0. The molecule has 6 nitrogen and oxygen atoms in total. The minimum Gasteiger partial charge on any atom is -0.323 e. The van der Waals surface area contributed by atoms with E-state index in [0.29, 0.717) is 24.4 Å². The van der Waals surface area contributed by atoms with Gasteiger partial charge in [-0.2, -0.15) is 4.57 Å². The number of ether oxygens (including phenoxy) is 1. The first kappa shape index (κ1) is 19.7. The van der Waals surface area contributed by atoms with Crippen molar-refractivity contribution in [3.8, 4) is 0 Å². The largest absolute Gasteiger partial charge is 0.323 e. The summed E-state index contributed by atoms with van der Waals surface area (Å²) in [4.78, 5) is 24.5. The van der Waals surface area contributed by atoms with Crippen LogP contribution in [0.3, 0.4) is 0 Å². The lowest BCUT2D eigenvalue weighted by Gasteiger charge is -2.21. The van der Waals surface area contributed by atoms with Crippen LogP contribution >= 0.6 is 0 Å². The van der Waals surface area contributed by atoms with Crippen LogP contribution in [-0.2, 0) is 11.5 Å². The number of carbonyl (C=O) groups excluding carboxylic acids is 1. The number of nitrogens with zero attached hydrogens (tertiary/aromatic N) is 3. The van der Waals surface area contributed by atoms with E-state index in [1.54, 1.807) is 11.0 Å². The molecule has 2 rings (SSSR count). The van der Waals surface area contributed by atoms with E-state index >= 15 is 0 Å². The van der Waals surface area contributed by atoms with Crippen molar-refractivity contribution in [1.29, 1.82) is 0 Å². The van der Waals surface area contributed by atoms with Crippen molar-refractivity contribution in [2.45, 2.75) is 45.8 Å². The molecular weight excluding hydrogens is 330 g/mol. The molecule has 0 bridgehead atoms. The lowest BCUT2D eigenvalue weighted by molar-refractivity contribution is -0.733. The fraction of sp³-hybridized carbons (Fsp3) is 0.400. The second kappa shape index (κ2) is 11.1. The van der Waals surface area contributed by atoms with Crippen LogP contribution in [0.15, 0.2) is 66.0 Å². The Morgan fingerprint density at radius 2 is 2.19 bits per heavy atom. The van der Waals surface area contributed by atoms with Gasteiger partial charge in [0.1, 0.15) is 6.73 Å². The van der Waals surface area contributed by atoms with Gasteiger partial charge in [0, 0.05) is 18.7 Å². The van der Waals surface area contributed by atoms with Gasteiger partial charge in [-0.15, -0.1) is 4.91 Å². The number of rotatable bonds is 11. The zero-order chi connectivity index (χ0) is 18.6. The fourth-order valence-corrected chi connectivity index (χ4v) is 2.65. The number of Topliss-reactive ketones (excluding diaryl/α,β-unsaturated/α-hetero) is 1. The van der Waals surface area contributed by atoms with E-state index in [1.165, 1.54) is 19.0 Å². The molecular formula is C20H26N3O3+. The summed E-state index contributed by atoms with van der Waals surface area (Å²) >= 11 is 0. The van der Waals surface area contributed by atoms with E-state index in [0.717, 1.165) is 12.8 Å². The number of allylic oxidation sites excluding steroid dienone is 3. The summed E-state index contributed by atoms with van der Waals surface area (Å²) in [6.07, 6.45) is 17.2. The van der Waals surface area contributed by atoms with E-state index in [4.69, 9.17) is 4.74 Å². The summed E-state index contributed by atoms with van der Waals surface area (Å²) in [5, 5.41) is 2.81. The van der Waals surface area contributed by atoms with Gasteiger partial charge in [0.15, 0.2) is 18.2 Å². The Bertz CT molecular complexity index is 695. The molecule has 2 heterocycles. The van der Waals surface area contributed by atoms with Crippen LogP contribution in [0.25, 0.3) is 0 Å². The van der Waals surface area contributed by atoms with Crippen molar-refractivity contribution in [3.05, 3.63) is 71.3 Å². The zero-order valence-corrected chi connectivity index (χ0v) is 15.2. The standard InChI is InChI=1S/C20H26N3O3/c1-2-3-4-5-11-20(24)18-9-8-12-22(15-18)16-26-17-23-13-7-6-10-19(23)14-21-25/h6-10,12-15H,2-5,11,16-17H2,1H3/q+1/b19-14-. The molecule has 0 saturated heterocycles. The van der Waals surface area contributed by atoms with Crippen molar-refractivity contribution in [2.75, 3.05) is 6.73 Å². The molecule has 1 aliphatic rings. The van der Waals surface area contributed by atoms with Crippen molar-refractivity contribution in [2.24, 2.45) is 5.18 Å². The highest BCUT2D eigenvalue weighted by atomic mass is 16.5. The molecule has 1 aromatic heterocycles. The first-order valence-electron chi connectivity index (χ1n) is 8.98. The Labute approximate surface area is 154 Å². The third-order valence-corrected chi connectivity index (χ3v) is 4.07. The van der Waals surface area contributed by atoms with Gasteiger partial charge < -0.3 is 9.64 Å². The highest BCUT2D eigenvalue weighted by Crippen LogP contribution is 2.12. The van der Waals surface area contributed by atoms with E-state index in [1.807, 2.05) is 47.4 Å². The molecule has 1 aliphatic heterocycles. The van der Waals surface area contributed by atoms with Gasteiger partial charge in [-0.25, -0.2) is 0 Å². The van der Waals surface area contributed by atoms with Crippen molar-refractivity contribution in [3.63, 3.8) is 0 Å². The van der Waals surface area contributed by atoms with E-state index in [-0.39, 0.29) is 12.5 Å². The van der Waals surface area contributed by atoms with Gasteiger partial charge in [0.05, 0.1) is 17.5 Å². The maximum Gasteiger partial charge on any atom is 0.254 e. The van der Waals surface area contributed by atoms with Crippen LogP contribution in [0.2, 0.25) is 0 Å². The molecule has 1 aromatic rings. The summed E-state index contributed by atoms with van der Waals surface area (Å²) in [6, 6.07) is 3.70. The van der Waals surface area contributed by atoms with E-state index in [9.17, 15) is 9.70 Å². The average Bonchev–Trinajstić information content (AvgIpc) is 2.67. The Kier molecular flexibility index (Phi) is 8.42. The SMILES string of the molecule is CCCCCCC(=O)c1ccc[n+](COCN2C=CC=C/C2=C/N=O)c1. The second-order valence-corrected chi connectivity index (χ2v) is 6.13. The highest BCUT2D eigenvalue weighted by molar-refractivity contribution is 5.95. The van der Waals surface area contributed by atoms with Crippen LogP contribution in [-0.4, -0.2) is 17.4 Å². The predicted octanol–water partition coefficient (Wildman–Crippen LogP) is 4.05. The molecule has 0 unspecified atom stereocenters.